The molecule has 26 nitrogen and oxygen atoms in total. The minimum absolute atomic E-state index is 0.0922. The van der Waals surface area contributed by atoms with Crippen molar-refractivity contribution in [3.8, 4) is 5.75 Å². The Kier molecular flexibility index (Phi) is 19.5. The summed E-state index contributed by atoms with van der Waals surface area (Å²) in [4.78, 5) is 55.7. The molecule has 5 aliphatic carbocycles. The van der Waals surface area contributed by atoms with Crippen LogP contribution in [-0.2, 0) is 61.8 Å². The van der Waals surface area contributed by atoms with Crippen molar-refractivity contribution in [3.05, 3.63) is 47.6 Å². The van der Waals surface area contributed by atoms with Crippen LogP contribution >= 0.6 is 0 Å². The Bertz CT molecular complexity index is 2890. The smallest absolute Gasteiger partial charge is 0.335 e. The molecule has 8 fully saturated rings. The van der Waals surface area contributed by atoms with Crippen molar-refractivity contribution in [2.45, 2.75) is 255 Å². The highest BCUT2D eigenvalue weighted by Crippen LogP contribution is 2.80. The van der Waals surface area contributed by atoms with E-state index in [2.05, 4.69) is 47.6 Å². The van der Waals surface area contributed by atoms with Gasteiger partial charge in [-0.15, -0.1) is 0 Å². The van der Waals surface area contributed by atoms with Gasteiger partial charge in [-0.1, -0.05) is 72.2 Å². The first-order chi connectivity index (χ1) is 42.6. The van der Waals surface area contributed by atoms with Crippen molar-refractivity contribution in [2.24, 2.45) is 49.7 Å². The van der Waals surface area contributed by atoms with Crippen LogP contribution in [0.25, 0.3) is 6.08 Å². The van der Waals surface area contributed by atoms with Crippen molar-refractivity contribution in [2.75, 3.05) is 13.7 Å². The molecule has 0 spiro atoms. The van der Waals surface area contributed by atoms with Crippen LogP contribution in [-0.4, -0.2) is 234 Å². The van der Waals surface area contributed by atoms with E-state index >= 15 is 4.79 Å². The molecule has 10 rings (SSSR count). The van der Waals surface area contributed by atoms with E-state index in [0.717, 1.165) is 17.9 Å². The third-order valence-corrected chi connectivity index (χ3v) is 24.0. The number of carboxylic acids is 1. The minimum atomic E-state index is -2.10. The number of rotatable bonds is 15. The molecule has 1 aromatic carbocycles. The molecule has 91 heavy (non-hydrogen) atoms. The molecular weight excluding hydrogens is 1200 g/mol. The normalized spacial score (nSPS) is 49.6. The van der Waals surface area contributed by atoms with Gasteiger partial charge < -0.3 is 113 Å². The fraction of sp³-hybridized carbons (Fsp3) is 0.785. The number of hydrogen-bond acceptors (Lipinski definition) is 25. The Morgan fingerprint density at radius 3 is 1.88 bits per heavy atom. The molecule has 12 N–H and O–H groups in total. The number of fused-ring (bicyclic) bond motifs is 7. The maximum atomic E-state index is 15.8. The molecule has 0 aromatic heterocycles. The minimum Gasteiger partial charge on any atom is -0.497 e. The highest BCUT2D eigenvalue weighted by atomic mass is 16.8. The van der Waals surface area contributed by atoms with Crippen LogP contribution in [0.4, 0.5) is 0 Å². The summed E-state index contributed by atoms with van der Waals surface area (Å²) in [5.74, 6) is -3.82. The Balaban J connectivity index is 0.933. The lowest BCUT2D eigenvalue weighted by atomic mass is 9.28. The Morgan fingerprint density at radius 2 is 1.25 bits per heavy atom. The number of aldehydes is 1. The lowest BCUT2D eigenvalue weighted by Gasteiger charge is -2.75. The number of esters is 2. The van der Waals surface area contributed by atoms with E-state index in [0.29, 0.717) is 49.8 Å². The van der Waals surface area contributed by atoms with E-state index < -0.39 is 204 Å². The number of carboxylic acid groups (broad SMARTS) is 1. The highest BCUT2D eigenvalue weighted by molar-refractivity contribution is 5.87. The number of aliphatic carboxylic acids is 1. The van der Waals surface area contributed by atoms with E-state index in [1.165, 1.54) is 27.0 Å². The zero-order valence-corrected chi connectivity index (χ0v) is 53.1. The summed E-state index contributed by atoms with van der Waals surface area (Å²) in [7, 11) is 1.52. The standard InChI is InChI=1S/C65H94O26/c1-29-40(70)42(72)46(76)54(83-29)90-52-48(78)49(87-39(69)16-13-31-11-14-32(82-10)15-12-31)30(2)84-56(52)91-58(81)65-24-23-59(3,4)25-34(65)33-17-21-63(8)61(6)20-19-38(60(5,28-67)36(61)18-22-64(63,9)62(33,7)26-37(65)68)86-57-51(45(75)44(74)50(88-57)53(79)80)89-55-47(77)43(73)41(71)35(27-66)85-55/h11-17,28-30,34-38,40-52,54-57,66,68,70-78H,18-27H2,1-10H3,(H,79,80)/b16-13+/t29-,30-,34-,35+,36-,37+,38-,40-,41-,42+,43-,44-,45-,46+,47+,48+,49+,50-,51+,52-,54-,55-,56+,57+,60-,61-,62+,63+,64-,65+/m0/s1. The van der Waals surface area contributed by atoms with Crippen LogP contribution in [0.3, 0.4) is 0 Å². The van der Waals surface area contributed by atoms with Crippen LogP contribution in [0, 0.1) is 49.7 Å². The molecule has 4 heterocycles. The van der Waals surface area contributed by atoms with Crippen LogP contribution in [0.5, 0.6) is 5.75 Å². The Labute approximate surface area is 528 Å². The first-order valence-corrected chi connectivity index (χ1v) is 31.8. The van der Waals surface area contributed by atoms with E-state index in [4.69, 9.17) is 47.4 Å². The second kappa shape index (κ2) is 25.5. The summed E-state index contributed by atoms with van der Waals surface area (Å²) in [6, 6.07) is 6.84. The first kappa shape index (κ1) is 69.7. The van der Waals surface area contributed by atoms with Crippen molar-refractivity contribution < 1.29 is 128 Å². The predicted molar refractivity (Wildman–Crippen MR) is 313 cm³/mol. The third-order valence-electron chi connectivity index (χ3n) is 24.0. The average Bonchev–Trinajstić information content (AvgIpc) is 0.659. The van der Waals surface area contributed by atoms with Gasteiger partial charge in [0, 0.05) is 6.08 Å². The largest absolute Gasteiger partial charge is 0.497 e. The lowest BCUT2D eigenvalue weighted by Crippen LogP contribution is -2.72. The maximum absolute atomic E-state index is 15.8. The van der Waals surface area contributed by atoms with E-state index in [-0.39, 0.29) is 24.7 Å². The summed E-state index contributed by atoms with van der Waals surface area (Å²) < 4.78 is 59.8. The van der Waals surface area contributed by atoms with Gasteiger partial charge in [-0.25, -0.2) is 9.59 Å². The van der Waals surface area contributed by atoms with E-state index in [1.807, 2.05) is 0 Å². The topological polar surface area (TPSA) is 403 Å². The summed E-state index contributed by atoms with van der Waals surface area (Å²) in [5.41, 5.74) is -4.46. The Hall–Kier alpha value is -4.14. The first-order valence-electron chi connectivity index (χ1n) is 31.8. The van der Waals surface area contributed by atoms with Crippen LogP contribution in [0.2, 0.25) is 0 Å². The van der Waals surface area contributed by atoms with Gasteiger partial charge in [-0.2, -0.15) is 0 Å². The van der Waals surface area contributed by atoms with Gasteiger partial charge in [0.2, 0.25) is 6.29 Å². The quantitative estimate of drug-likeness (QED) is 0.0382. The number of benzene rings is 1. The SMILES string of the molecule is COc1ccc(/C=C/C(=O)O[C@H]2[C@@H](O)[C@H](O[C@@H]3O[C@@H](C)[C@H](O)[C@@H](O)[C@H]3O)[C@@H](OC(=O)[C@]34CCC(C)(C)C[C@H]3C3=CC[C@@]5(C)[C@@](C)(CC[C@H]6[C@](C)(C=O)[C@@H](O[C@@H]7O[C@H](C(=O)O)[C@@H](O)[C@H](O)[C@H]7O[C@@H]7O[C@H](CO)[C@H](O)[C@H](O)[C@H]7O)CC[C@@]65C)[C@]3(C)C[C@H]4O)O[C@H]2C)cc1. The molecule has 1 aromatic rings. The second-order valence-electron chi connectivity index (χ2n) is 29.1. The number of methoxy groups -OCH3 is 1. The average molecular weight is 1290 g/mol. The molecule has 0 amide bonds. The molecule has 4 saturated carbocycles. The van der Waals surface area contributed by atoms with Crippen LogP contribution in [0.15, 0.2) is 42.0 Å². The van der Waals surface area contributed by atoms with Crippen LogP contribution in [0.1, 0.15) is 126 Å². The number of ether oxygens (including phenoxy) is 10. The van der Waals surface area contributed by atoms with Gasteiger partial charge in [0.15, 0.2) is 37.2 Å². The van der Waals surface area contributed by atoms with Gasteiger partial charge in [0.25, 0.3) is 0 Å². The molecule has 26 heteroatoms. The number of hydrogen-bond donors (Lipinski definition) is 12. The zero-order valence-electron chi connectivity index (χ0n) is 53.1. The summed E-state index contributed by atoms with van der Waals surface area (Å²) in [6.45, 7) is 16.8. The highest BCUT2D eigenvalue weighted by Gasteiger charge is 2.76. The summed E-state index contributed by atoms with van der Waals surface area (Å²) in [6.07, 6.45) is -28.2. The van der Waals surface area contributed by atoms with Crippen molar-refractivity contribution in [1.29, 1.82) is 0 Å². The Morgan fingerprint density at radius 1 is 0.626 bits per heavy atom. The summed E-state index contributed by atoms with van der Waals surface area (Å²) >= 11 is 0. The molecule has 0 unspecified atom stereocenters. The number of carbonyl (C=O) groups is 4. The van der Waals surface area contributed by atoms with Crippen LogP contribution < -0.4 is 4.74 Å². The van der Waals surface area contributed by atoms with Gasteiger partial charge in [-0.05, 0) is 134 Å². The number of aliphatic hydroxyl groups is 11. The molecule has 4 saturated heterocycles. The molecule has 9 aliphatic rings. The molecule has 0 bridgehead atoms. The van der Waals surface area contributed by atoms with Gasteiger partial charge in [0.1, 0.15) is 84.6 Å². The fourth-order valence-electron chi connectivity index (χ4n) is 17.9. The van der Waals surface area contributed by atoms with Gasteiger partial charge >= 0.3 is 17.9 Å². The van der Waals surface area contributed by atoms with Gasteiger partial charge in [0.05, 0.1) is 43.5 Å². The van der Waals surface area contributed by atoms with Crippen molar-refractivity contribution in [3.63, 3.8) is 0 Å². The zero-order chi connectivity index (χ0) is 66.6. The van der Waals surface area contributed by atoms with E-state index in [9.17, 15) is 75.7 Å². The predicted octanol–water partition coefficient (Wildman–Crippen LogP) is 0.925. The summed E-state index contributed by atoms with van der Waals surface area (Å²) in [5, 5.41) is 133. The van der Waals surface area contributed by atoms with Gasteiger partial charge in [-0.3, -0.25) is 4.79 Å². The molecule has 4 aliphatic heterocycles. The van der Waals surface area contributed by atoms with Crippen molar-refractivity contribution >= 4 is 30.3 Å². The lowest BCUT2D eigenvalue weighted by molar-refractivity contribution is -0.374. The maximum Gasteiger partial charge on any atom is 0.335 e. The monoisotopic (exact) mass is 1290 g/mol. The molecule has 510 valence electrons. The van der Waals surface area contributed by atoms with Crippen molar-refractivity contribution in [1.82, 2.24) is 0 Å². The number of aliphatic hydroxyl groups excluding tert-OH is 11. The third kappa shape index (κ3) is 11.4. The fourth-order valence-corrected chi connectivity index (χ4v) is 17.9. The molecule has 0 radical (unpaired) electrons. The molecular formula is C65H94O26. The number of allylic oxidation sites excluding steroid dienone is 2. The van der Waals surface area contributed by atoms with E-state index in [1.54, 1.807) is 31.2 Å². The second-order valence-corrected chi connectivity index (χ2v) is 29.1. The molecule has 30 atom stereocenters. The number of carbonyl (C=O) groups excluding carboxylic acids is 3.